The number of rotatable bonds is 6. The highest BCUT2D eigenvalue weighted by atomic mass is 79.9. The summed E-state index contributed by atoms with van der Waals surface area (Å²) in [5, 5.41) is 8.95. The molecule has 1 aliphatic rings. The molecule has 1 atom stereocenters. The first-order chi connectivity index (χ1) is 10.6. The largest absolute Gasteiger partial charge is 0.354 e. The van der Waals surface area contributed by atoms with Crippen molar-refractivity contribution >= 4 is 51.9 Å². The first-order valence-corrected chi connectivity index (χ1v) is 9.21. The third kappa shape index (κ3) is 7.56. The van der Waals surface area contributed by atoms with Crippen molar-refractivity contribution < 1.29 is 9.59 Å². The SMILES string of the molecule is Cl.O=C(CC1CSCCN1)NCCNC(=O)c1ccc(Br)cc1. The lowest BCUT2D eigenvalue weighted by atomic mass is 10.2. The van der Waals surface area contributed by atoms with Crippen LogP contribution in [0.4, 0.5) is 0 Å². The average Bonchev–Trinajstić information content (AvgIpc) is 2.53. The second-order valence-corrected chi connectivity index (χ2v) is 7.11. The molecule has 1 aromatic rings. The molecule has 0 saturated carbocycles. The molecule has 3 N–H and O–H groups in total. The molecule has 5 nitrogen and oxygen atoms in total. The fraction of sp³-hybridized carbons (Fsp3) is 0.467. The van der Waals surface area contributed by atoms with Crippen molar-refractivity contribution in [2.45, 2.75) is 12.5 Å². The summed E-state index contributed by atoms with van der Waals surface area (Å²) in [6.07, 6.45) is 0.494. The van der Waals surface area contributed by atoms with Gasteiger partial charge in [0.1, 0.15) is 0 Å². The van der Waals surface area contributed by atoms with Crippen molar-refractivity contribution in [2.24, 2.45) is 0 Å². The molecule has 1 aliphatic heterocycles. The van der Waals surface area contributed by atoms with Crippen LogP contribution in [-0.4, -0.2) is 49.0 Å². The lowest BCUT2D eigenvalue weighted by molar-refractivity contribution is -0.121. The lowest BCUT2D eigenvalue weighted by Gasteiger charge is -2.22. The van der Waals surface area contributed by atoms with Gasteiger partial charge in [-0.25, -0.2) is 0 Å². The van der Waals surface area contributed by atoms with E-state index in [-0.39, 0.29) is 30.3 Å². The van der Waals surface area contributed by atoms with E-state index in [1.54, 1.807) is 12.1 Å². The molecule has 0 aromatic heterocycles. The van der Waals surface area contributed by atoms with Gasteiger partial charge in [0.2, 0.25) is 5.91 Å². The lowest BCUT2D eigenvalue weighted by Crippen LogP contribution is -2.42. The van der Waals surface area contributed by atoms with Crippen LogP contribution in [0.1, 0.15) is 16.8 Å². The van der Waals surface area contributed by atoms with Crippen molar-refractivity contribution in [3.05, 3.63) is 34.3 Å². The van der Waals surface area contributed by atoms with E-state index in [1.807, 2.05) is 23.9 Å². The second-order valence-electron chi connectivity index (χ2n) is 5.04. The molecule has 8 heteroatoms. The molecule has 0 bridgehead atoms. The molecule has 1 saturated heterocycles. The highest BCUT2D eigenvalue weighted by Gasteiger charge is 2.16. The summed E-state index contributed by atoms with van der Waals surface area (Å²) in [6.45, 7) is 1.83. The Labute approximate surface area is 155 Å². The normalized spacial score (nSPS) is 17.0. The van der Waals surface area contributed by atoms with Gasteiger partial charge in [-0.1, -0.05) is 15.9 Å². The monoisotopic (exact) mass is 421 g/mol. The molecular weight excluding hydrogens is 402 g/mol. The number of thioether (sulfide) groups is 1. The third-order valence-corrected chi connectivity index (χ3v) is 4.93. The van der Waals surface area contributed by atoms with Crippen LogP contribution in [0.2, 0.25) is 0 Å². The number of hydrogen-bond acceptors (Lipinski definition) is 4. The van der Waals surface area contributed by atoms with Gasteiger partial charge < -0.3 is 16.0 Å². The van der Waals surface area contributed by atoms with E-state index < -0.39 is 0 Å². The average molecular weight is 423 g/mol. The number of benzene rings is 1. The molecule has 128 valence electrons. The molecule has 0 radical (unpaired) electrons. The maximum atomic E-state index is 11.9. The van der Waals surface area contributed by atoms with Gasteiger partial charge in [0, 0.05) is 53.6 Å². The number of carbonyl (C=O) groups excluding carboxylic acids is 2. The summed E-state index contributed by atoms with van der Waals surface area (Å²) in [5.41, 5.74) is 0.609. The van der Waals surface area contributed by atoms with Gasteiger partial charge in [0.25, 0.3) is 5.91 Å². The van der Waals surface area contributed by atoms with Gasteiger partial charge >= 0.3 is 0 Å². The number of hydrogen-bond donors (Lipinski definition) is 3. The Morgan fingerprint density at radius 1 is 1.22 bits per heavy atom. The third-order valence-electron chi connectivity index (χ3n) is 3.27. The molecule has 1 heterocycles. The summed E-state index contributed by atoms with van der Waals surface area (Å²) in [7, 11) is 0. The standard InChI is InChI=1S/C15H20BrN3O2S.ClH/c16-12-3-1-11(2-4-12)15(21)19-6-5-18-14(20)9-13-10-22-8-7-17-13;/h1-4,13,17H,5-10H2,(H,18,20)(H,19,21);1H. The minimum Gasteiger partial charge on any atom is -0.354 e. The number of halogens is 2. The smallest absolute Gasteiger partial charge is 0.251 e. The maximum absolute atomic E-state index is 11.9. The van der Waals surface area contributed by atoms with E-state index in [0.717, 1.165) is 22.5 Å². The quantitative estimate of drug-likeness (QED) is 0.612. The van der Waals surface area contributed by atoms with E-state index in [9.17, 15) is 9.59 Å². The number of amides is 2. The summed E-state index contributed by atoms with van der Waals surface area (Å²) in [4.78, 5) is 23.7. The van der Waals surface area contributed by atoms with Crippen molar-refractivity contribution in [3.8, 4) is 0 Å². The number of nitrogens with one attached hydrogen (secondary N) is 3. The summed E-state index contributed by atoms with van der Waals surface area (Å²) >= 11 is 5.20. The van der Waals surface area contributed by atoms with Crippen LogP contribution >= 0.6 is 40.1 Å². The Hall–Kier alpha value is -0.760. The minimum absolute atomic E-state index is 0. The predicted molar refractivity (Wildman–Crippen MR) is 100 cm³/mol. The van der Waals surface area contributed by atoms with Gasteiger partial charge in [-0.3, -0.25) is 9.59 Å². The van der Waals surface area contributed by atoms with Gasteiger partial charge in [-0.05, 0) is 24.3 Å². The molecule has 1 fully saturated rings. The molecule has 2 rings (SSSR count). The van der Waals surface area contributed by atoms with E-state index >= 15 is 0 Å². The summed E-state index contributed by atoms with van der Waals surface area (Å²) in [5.74, 6) is 1.98. The maximum Gasteiger partial charge on any atom is 0.251 e. The summed E-state index contributed by atoms with van der Waals surface area (Å²) < 4.78 is 0.936. The Morgan fingerprint density at radius 3 is 2.57 bits per heavy atom. The van der Waals surface area contributed by atoms with Gasteiger partial charge in [0.15, 0.2) is 0 Å². The van der Waals surface area contributed by atoms with E-state index in [0.29, 0.717) is 25.1 Å². The topological polar surface area (TPSA) is 70.2 Å². The highest BCUT2D eigenvalue weighted by molar-refractivity contribution is 9.10. The molecule has 0 spiro atoms. The zero-order valence-corrected chi connectivity index (χ0v) is 15.9. The molecule has 2 amide bonds. The first-order valence-electron chi connectivity index (χ1n) is 7.27. The predicted octanol–water partition coefficient (Wildman–Crippen LogP) is 1.81. The van der Waals surface area contributed by atoms with Crippen LogP contribution in [0.15, 0.2) is 28.7 Å². The zero-order chi connectivity index (χ0) is 15.8. The van der Waals surface area contributed by atoms with E-state index in [4.69, 9.17) is 0 Å². The molecule has 1 aromatic carbocycles. The van der Waals surface area contributed by atoms with E-state index in [1.165, 1.54) is 0 Å². The Bertz CT molecular complexity index is 510. The van der Waals surface area contributed by atoms with Crippen molar-refractivity contribution in [1.82, 2.24) is 16.0 Å². The molecule has 23 heavy (non-hydrogen) atoms. The fourth-order valence-corrected chi connectivity index (χ4v) is 3.34. The molecule has 0 aliphatic carbocycles. The van der Waals surface area contributed by atoms with Crippen LogP contribution in [0.5, 0.6) is 0 Å². The molecule has 1 unspecified atom stereocenters. The number of carbonyl (C=O) groups is 2. The van der Waals surface area contributed by atoms with Crippen LogP contribution in [0.3, 0.4) is 0 Å². The van der Waals surface area contributed by atoms with Crippen molar-refractivity contribution in [1.29, 1.82) is 0 Å². The van der Waals surface area contributed by atoms with Crippen LogP contribution < -0.4 is 16.0 Å². The Kier molecular flexibility index (Phi) is 9.62. The van der Waals surface area contributed by atoms with Gasteiger partial charge in [-0.15, -0.1) is 12.4 Å². The minimum atomic E-state index is -0.132. The van der Waals surface area contributed by atoms with Gasteiger partial charge in [0.05, 0.1) is 0 Å². The molecular formula is C15H21BrClN3O2S. The Morgan fingerprint density at radius 2 is 1.91 bits per heavy atom. The van der Waals surface area contributed by atoms with Crippen molar-refractivity contribution in [2.75, 3.05) is 31.1 Å². The van der Waals surface area contributed by atoms with Gasteiger partial charge in [-0.2, -0.15) is 11.8 Å². The first kappa shape index (κ1) is 20.3. The van der Waals surface area contributed by atoms with Crippen LogP contribution in [0, 0.1) is 0 Å². The zero-order valence-electron chi connectivity index (χ0n) is 12.6. The second kappa shape index (κ2) is 10.9. The van der Waals surface area contributed by atoms with Crippen molar-refractivity contribution in [3.63, 3.8) is 0 Å². The Balaban J connectivity index is 0.00000264. The van der Waals surface area contributed by atoms with Crippen LogP contribution in [0.25, 0.3) is 0 Å². The summed E-state index contributed by atoms with van der Waals surface area (Å²) in [6, 6.07) is 7.42. The highest BCUT2D eigenvalue weighted by Crippen LogP contribution is 2.10. The van der Waals surface area contributed by atoms with Crippen LogP contribution in [-0.2, 0) is 4.79 Å². The fourth-order valence-electron chi connectivity index (χ4n) is 2.13. The van der Waals surface area contributed by atoms with E-state index in [2.05, 4.69) is 31.9 Å².